The zero-order valence-electron chi connectivity index (χ0n) is 6.38. The summed E-state index contributed by atoms with van der Waals surface area (Å²) in [6.07, 6.45) is 0. The molecule has 12 heavy (non-hydrogen) atoms. The SMILES string of the molecule is NNC(=O)c1ccc(C[18F])cc1. The van der Waals surface area contributed by atoms with Crippen molar-refractivity contribution in [2.75, 3.05) is 0 Å². The molecule has 0 spiro atoms. The van der Waals surface area contributed by atoms with Gasteiger partial charge in [0.15, 0.2) is 0 Å². The Morgan fingerprint density at radius 2 is 2.00 bits per heavy atom. The number of amides is 1. The van der Waals surface area contributed by atoms with Gasteiger partial charge in [-0.3, -0.25) is 10.2 Å². The Kier molecular flexibility index (Phi) is 2.76. The largest absolute Gasteiger partial charge is 0.290 e. The van der Waals surface area contributed by atoms with Gasteiger partial charge in [-0.2, -0.15) is 0 Å². The number of carbonyl (C=O) groups is 1. The van der Waals surface area contributed by atoms with Crippen LogP contribution in [0.25, 0.3) is 0 Å². The van der Waals surface area contributed by atoms with Crippen LogP contribution in [0, 0.1) is 0 Å². The lowest BCUT2D eigenvalue weighted by Crippen LogP contribution is -2.29. The van der Waals surface area contributed by atoms with Crippen molar-refractivity contribution in [3.8, 4) is 0 Å². The van der Waals surface area contributed by atoms with Gasteiger partial charge in [0.2, 0.25) is 0 Å². The molecule has 3 N–H and O–H groups in total. The molecule has 0 saturated heterocycles. The summed E-state index contributed by atoms with van der Waals surface area (Å²) in [5.41, 5.74) is 2.96. The molecular formula is C8H9FN2O. The van der Waals surface area contributed by atoms with Crippen LogP contribution in [0.5, 0.6) is 0 Å². The normalized spacial score (nSPS) is 9.50. The molecular weight excluding hydrogens is 158 g/mol. The van der Waals surface area contributed by atoms with Crippen LogP contribution in [0.1, 0.15) is 15.9 Å². The van der Waals surface area contributed by atoms with E-state index in [2.05, 4.69) is 0 Å². The van der Waals surface area contributed by atoms with Gasteiger partial charge >= 0.3 is 0 Å². The lowest BCUT2D eigenvalue weighted by atomic mass is 10.1. The van der Waals surface area contributed by atoms with Crippen molar-refractivity contribution in [1.29, 1.82) is 0 Å². The Balaban J connectivity index is 2.84. The molecule has 0 fully saturated rings. The van der Waals surface area contributed by atoms with E-state index in [1.807, 2.05) is 5.43 Å². The number of rotatable bonds is 2. The third-order valence-corrected chi connectivity index (χ3v) is 1.50. The number of carbonyl (C=O) groups excluding carboxylic acids is 1. The van der Waals surface area contributed by atoms with Gasteiger partial charge in [-0.15, -0.1) is 0 Å². The van der Waals surface area contributed by atoms with Gasteiger partial charge in [0.25, 0.3) is 5.91 Å². The van der Waals surface area contributed by atoms with E-state index in [-0.39, 0.29) is 5.91 Å². The van der Waals surface area contributed by atoms with E-state index in [9.17, 15) is 9.18 Å². The van der Waals surface area contributed by atoms with E-state index in [0.29, 0.717) is 11.1 Å². The highest BCUT2D eigenvalue weighted by atomic mass is 18.2. The molecule has 0 bridgehead atoms. The van der Waals surface area contributed by atoms with Gasteiger partial charge in [0.05, 0.1) is 0 Å². The molecule has 1 amide bonds. The van der Waals surface area contributed by atoms with Crippen molar-refractivity contribution in [3.05, 3.63) is 35.4 Å². The molecule has 3 nitrogen and oxygen atoms in total. The molecule has 0 aromatic heterocycles. The van der Waals surface area contributed by atoms with Crippen molar-refractivity contribution >= 4 is 5.91 Å². The third kappa shape index (κ3) is 1.79. The van der Waals surface area contributed by atoms with Crippen molar-refractivity contribution < 1.29 is 9.18 Å². The lowest BCUT2D eigenvalue weighted by Gasteiger charge is -1.99. The Bertz CT molecular complexity index is 271. The highest BCUT2D eigenvalue weighted by Gasteiger charge is 2.01. The molecule has 0 aliphatic rings. The minimum atomic E-state index is -0.523. The predicted octanol–water partition coefficient (Wildman–Crippen LogP) is 0.760. The fraction of sp³-hybridized carbons (Fsp3) is 0.125. The minimum Gasteiger partial charge on any atom is -0.290 e. The van der Waals surface area contributed by atoms with Crippen LogP contribution in [0.4, 0.5) is 4.39 Å². The van der Waals surface area contributed by atoms with Gasteiger partial charge in [0.1, 0.15) is 6.67 Å². The molecule has 0 aliphatic heterocycles. The smallest absolute Gasteiger partial charge is 0.265 e. The summed E-state index contributed by atoms with van der Waals surface area (Å²) in [5.74, 6) is 4.53. The maximum absolute atomic E-state index is 12.0. The van der Waals surface area contributed by atoms with Gasteiger partial charge < -0.3 is 0 Å². The fourth-order valence-corrected chi connectivity index (χ4v) is 0.829. The fourth-order valence-electron chi connectivity index (χ4n) is 0.829. The van der Waals surface area contributed by atoms with Crippen molar-refractivity contribution in [1.82, 2.24) is 5.43 Å². The van der Waals surface area contributed by atoms with Crippen molar-refractivity contribution in [2.45, 2.75) is 6.67 Å². The minimum absolute atomic E-state index is 0.375. The van der Waals surface area contributed by atoms with Crippen LogP contribution >= 0.6 is 0 Å². The molecule has 0 radical (unpaired) electrons. The number of nitrogens with one attached hydrogen (secondary N) is 1. The molecule has 0 atom stereocenters. The molecule has 0 heterocycles. The molecule has 0 saturated carbocycles. The Morgan fingerprint density at radius 1 is 1.42 bits per heavy atom. The van der Waals surface area contributed by atoms with Crippen molar-refractivity contribution in [3.63, 3.8) is 0 Å². The zero-order chi connectivity index (χ0) is 8.97. The van der Waals surface area contributed by atoms with E-state index < -0.39 is 6.67 Å². The summed E-state index contributed by atoms with van der Waals surface area (Å²) in [6, 6.07) is 6.14. The van der Waals surface area contributed by atoms with Crippen LogP contribution in [0.2, 0.25) is 0 Å². The molecule has 1 aromatic rings. The Labute approximate surface area is 69.3 Å². The van der Waals surface area contributed by atoms with Crippen LogP contribution in [-0.4, -0.2) is 5.91 Å². The molecule has 1 aromatic carbocycles. The third-order valence-electron chi connectivity index (χ3n) is 1.50. The summed E-state index contributed by atoms with van der Waals surface area (Å²) in [7, 11) is 0. The summed E-state index contributed by atoms with van der Waals surface area (Å²) in [4.78, 5) is 10.9. The number of benzene rings is 1. The highest BCUT2D eigenvalue weighted by Crippen LogP contribution is 2.04. The first-order valence-electron chi connectivity index (χ1n) is 3.43. The molecule has 64 valence electrons. The summed E-state index contributed by atoms with van der Waals surface area (Å²) in [5, 5.41) is 0. The topological polar surface area (TPSA) is 55.1 Å². The van der Waals surface area contributed by atoms with Crippen LogP contribution in [0.3, 0.4) is 0 Å². The second-order valence-electron chi connectivity index (χ2n) is 2.30. The highest BCUT2D eigenvalue weighted by molar-refractivity contribution is 5.93. The van der Waals surface area contributed by atoms with E-state index in [1.54, 1.807) is 12.1 Å². The second kappa shape index (κ2) is 3.82. The number of nitrogen functional groups attached to an aromatic ring is 1. The average Bonchev–Trinajstić information content (AvgIpc) is 2.17. The van der Waals surface area contributed by atoms with E-state index in [0.717, 1.165) is 0 Å². The average molecular weight is 167 g/mol. The van der Waals surface area contributed by atoms with Gasteiger partial charge in [-0.05, 0) is 17.7 Å². The van der Waals surface area contributed by atoms with Gasteiger partial charge in [-0.1, -0.05) is 12.1 Å². The quantitative estimate of drug-likeness (QED) is 0.388. The number of hydrogen-bond acceptors (Lipinski definition) is 2. The number of halogens is 1. The lowest BCUT2D eigenvalue weighted by molar-refractivity contribution is 0.0953. The molecule has 4 heteroatoms. The van der Waals surface area contributed by atoms with E-state index >= 15 is 0 Å². The first-order chi connectivity index (χ1) is 5.77. The first kappa shape index (κ1) is 8.67. The second-order valence-corrected chi connectivity index (χ2v) is 2.30. The monoisotopic (exact) mass is 167 g/mol. The molecule has 0 aliphatic carbocycles. The van der Waals surface area contributed by atoms with Gasteiger partial charge in [0, 0.05) is 5.56 Å². The number of hydrogen-bond donors (Lipinski definition) is 2. The first-order valence-corrected chi connectivity index (χ1v) is 3.43. The summed E-state index contributed by atoms with van der Waals surface area (Å²) < 4.78 is 12.0. The van der Waals surface area contributed by atoms with Gasteiger partial charge in [-0.25, -0.2) is 10.2 Å². The zero-order valence-corrected chi connectivity index (χ0v) is 6.38. The number of hydrazine groups is 1. The maximum atomic E-state index is 12.0. The Hall–Kier alpha value is -1.42. The van der Waals surface area contributed by atoms with Crippen LogP contribution < -0.4 is 11.3 Å². The summed E-state index contributed by atoms with van der Waals surface area (Å²) >= 11 is 0. The van der Waals surface area contributed by atoms with E-state index in [4.69, 9.17) is 5.84 Å². The van der Waals surface area contributed by atoms with E-state index in [1.165, 1.54) is 12.1 Å². The predicted molar refractivity (Wildman–Crippen MR) is 42.9 cm³/mol. The standard InChI is InChI=1S/C8H9FN2O/c9-5-6-1-3-7(4-2-6)8(12)11-10/h1-4H,5,10H2,(H,11,12)/i9-1. The number of alkyl halides is 1. The maximum Gasteiger partial charge on any atom is 0.265 e. The van der Waals surface area contributed by atoms with Crippen molar-refractivity contribution in [2.24, 2.45) is 5.84 Å². The Morgan fingerprint density at radius 3 is 2.42 bits per heavy atom. The summed E-state index contributed by atoms with van der Waals surface area (Å²) in [6.45, 7) is -0.523. The number of nitrogens with two attached hydrogens (primary N) is 1. The molecule has 0 unspecified atom stereocenters. The van der Waals surface area contributed by atoms with Crippen LogP contribution in [-0.2, 0) is 6.67 Å². The molecule has 1 rings (SSSR count). The van der Waals surface area contributed by atoms with Crippen LogP contribution in [0.15, 0.2) is 24.3 Å².